The maximum absolute atomic E-state index is 13.4. The Kier molecular flexibility index (Phi) is 5.68. The van der Waals surface area contributed by atoms with Crippen LogP contribution in [0.3, 0.4) is 0 Å². The van der Waals surface area contributed by atoms with Crippen molar-refractivity contribution in [2.45, 2.75) is 96.1 Å². The average molecular weight is 400 g/mol. The second-order valence-electron chi connectivity index (χ2n) is 9.87. The van der Waals surface area contributed by atoms with E-state index in [1.165, 1.54) is 75.5 Å². The highest BCUT2D eigenvalue weighted by Crippen LogP contribution is 2.48. The number of hydrogen-bond donors (Lipinski definition) is 1. The summed E-state index contributed by atoms with van der Waals surface area (Å²) in [6, 6.07) is 0.775. The molecule has 3 fully saturated rings. The third-order valence-electron chi connectivity index (χ3n) is 8.25. The highest BCUT2D eigenvalue weighted by molar-refractivity contribution is 5.94. The second-order valence-corrected chi connectivity index (χ2v) is 9.87. The number of rotatable bonds is 6. The number of aromatic nitrogens is 2. The van der Waals surface area contributed by atoms with Gasteiger partial charge in [0.15, 0.2) is 5.69 Å². The van der Waals surface area contributed by atoms with E-state index in [2.05, 4.69) is 16.9 Å². The van der Waals surface area contributed by atoms with Crippen LogP contribution in [-0.2, 0) is 17.6 Å². The average Bonchev–Trinajstić information content (AvgIpc) is 3.46. The summed E-state index contributed by atoms with van der Waals surface area (Å²) in [5.74, 6) is 1.92. The zero-order chi connectivity index (χ0) is 19.8. The van der Waals surface area contributed by atoms with Gasteiger partial charge >= 0.3 is 0 Å². The SMILES string of the molecule is CCOC[C@H]1C2CCC(C2)[C@H]1NC(=O)c1nn(C2CCCCC2)c2c1CCCC2. The van der Waals surface area contributed by atoms with Gasteiger partial charge in [0.25, 0.3) is 5.91 Å². The van der Waals surface area contributed by atoms with E-state index < -0.39 is 0 Å². The molecular weight excluding hydrogens is 362 g/mol. The third kappa shape index (κ3) is 3.64. The first-order chi connectivity index (χ1) is 14.3. The number of hydrogen-bond acceptors (Lipinski definition) is 3. The maximum atomic E-state index is 13.4. The van der Waals surface area contributed by atoms with Crippen LogP contribution in [0.5, 0.6) is 0 Å². The fourth-order valence-corrected chi connectivity index (χ4v) is 6.78. The van der Waals surface area contributed by atoms with E-state index >= 15 is 0 Å². The van der Waals surface area contributed by atoms with E-state index in [4.69, 9.17) is 9.84 Å². The molecule has 1 aromatic heterocycles. The molecule has 4 aliphatic rings. The van der Waals surface area contributed by atoms with E-state index in [1.807, 2.05) is 0 Å². The van der Waals surface area contributed by atoms with Crippen molar-refractivity contribution in [1.29, 1.82) is 0 Å². The molecule has 1 aromatic rings. The predicted octanol–water partition coefficient (Wildman–Crippen LogP) is 4.45. The Labute approximate surface area is 175 Å². The number of carbonyl (C=O) groups excluding carboxylic acids is 1. The molecule has 29 heavy (non-hydrogen) atoms. The number of ether oxygens (including phenoxy) is 1. The quantitative estimate of drug-likeness (QED) is 0.769. The first-order valence-corrected chi connectivity index (χ1v) is 12.2. The smallest absolute Gasteiger partial charge is 0.272 e. The van der Waals surface area contributed by atoms with Crippen LogP contribution >= 0.6 is 0 Å². The summed E-state index contributed by atoms with van der Waals surface area (Å²) in [4.78, 5) is 13.4. The van der Waals surface area contributed by atoms with Gasteiger partial charge in [-0.2, -0.15) is 5.10 Å². The lowest BCUT2D eigenvalue weighted by atomic mass is 9.84. The fourth-order valence-electron chi connectivity index (χ4n) is 6.78. The Bertz CT molecular complexity index is 737. The molecule has 4 atom stereocenters. The molecule has 0 aliphatic heterocycles. The maximum Gasteiger partial charge on any atom is 0.272 e. The van der Waals surface area contributed by atoms with Gasteiger partial charge in [0.2, 0.25) is 0 Å². The molecule has 0 aromatic carbocycles. The fraction of sp³-hybridized carbons (Fsp3) is 0.833. The summed E-state index contributed by atoms with van der Waals surface area (Å²) in [7, 11) is 0. The van der Waals surface area contributed by atoms with Crippen molar-refractivity contribution < 1.29 is 9.53 Å². The number of fused-ring (bicyclic) bond motifs is 3. The number of amides is 1. The van der Waals surface area contributed by atoms with Crippen LogP contribution in [0.1, 0.15) is 98.9 Å². The minimum absolute atomic E-state index is 0.0803. The van der Waals surface area contributed by atoms with E-state index in [0.29, 0.717) is 17.9 Å². The Morgan fingerprint density at radius 2 is 1.86 bits per heavy atom. The lowest BCUT2D eigenvalue weighted by molar-refractivity contribution is 0.0648. The van der Waals surface area contributed by atoms with Crippen molar-refractivity contribution >= 4 is 5.91 Å². The number of nitrogens with zero attached hydrogens (tertiary/aromatic N) is 2. The first kappa shape index (κ1) is 19.6. The first-order valence-electron chi connectivity index (χ1n) is 12.2. The Balaban J connectivity index is 1.37. The monoisotopic (exact) mass is 399 g/mol. The van der Waals surface area contributed by atoms with Gasteiger partial charge in [-0.3, -0.25) is 9.48 Å². The minimum Gasteiger partial charge on any atom is -0.381 e. The topological polar surface area (TPSA) is 56.1 Å². The van der Waals surface area contributed by atoms with Crippen molar-refractivity contribution in [3.05, 3.63) is 17.0 Å². The van der Waals surface area contributed by atoms with E-state index in [0.717, 1.165) is 37.7 Å². The minimum atomic E-state index is 0.0803. The molecule has 1 N–H and O–H groups in total. The summed E-state index contributed by atoms with van der Waals surface area (Å²) >= 11 is 0. The van der Waals surface area contributed by atoms with Gasteiger partial charge in [0.05, 0.1) is 12.6 Å². The highest BCUT2D eigenvalue weighted by Gasteiger charge is 2.48. The Morgan fingerprint density at radius 3 is 2.69 bits per heavy atom. The number of carbonyl (C=O) groups is 1. The molecule has 1 amide bonds. The molecule has 2 unspecified atom stereocenters. The standard InChI is InChI=1S/C24H37N3O2/c1-2-29-15-20-16-12-13-17(14-16)22(20)25-24(28)23-19-10-6-7-11-21(19)27(26-23)18-8-4-3-5-9-18/h16-18,20,22H,2-15H2,1H3,(H,25,28)/t16?,17?,20-,22+/m0/s1. The van der Waals surface area contributed by atoms with E-state index in [1.54, 1.807) is 0 Å². The zero-order valence-electron chi connectivity index (χ0n) is 18.0. The normalized spacial score (nSPS) is 31.8. The van der Waals surface area contributed by atoms with E-state index in [9.17, 15) is 4.79 Å². The molecule has 5 nitrogen and oxygen atoms in total. The van der Waals surface area contributed by atoms with Crippen LogP contribution in [-0.4, -0.2) is 34.9 Å². The molecule has 2 bridgehead atoms. The van der Waals surface area contributed by atoms with Gasteiger partial charge in [0, 0.05) is 29.8 Å². The Morgan fingerprint density at radius 1 is 1.07 bits per heavy atom. The molecule has 0 saturated heterocycles. The molecule has 3 saturated carbocycles. The summed E-state index contributed by atoms with van der Waals surface area (Å²) in [5, 5.41) is 8.44. The van der Waals surface area contributed by atoms with Gasteiger partial charge < -0.3 is 10.1 Å². The van der Waals surface area contributed by atoms with Gasteiger partial charge in [-0.1, -0.05) is 19.3 Å². The highest BCUT2D eigenvalue weighted by atomic mass is 16.5. The van der Waals surface area contributed by atoms with Crippen LogP contribution in [0.15, 0.2) is 0 Å². The van der Waals surface area contributed by atoms with E-state index in [-0.39, 0.29) is 11.9 Å². The summed E-state index contributed by atoms with van der Waals surface area (Å²) in [6.45, 7) is 3.61. The summed E-state index contributed by atoms with van der Waals surface area (Å²) in [5.41, 5.74) is 3.36. The van der Waals surface area contributed by atoms with Crippen molar-refractivity contribution in [1.82, 2.24) is 15.1 Å². The molecular formula is C24H37N3O2. The van der Waals surface area contributed by atoms with Crippen LogP contribution in [0.25, 0.3) is 0 Å². The molecule has 160 valence electrons. The van der Waals surface area contributed by atoms with Crippen molar-refractivity contribution in [3.63, 3.8) is 0 Å². The van der Waals surface area contributed by atoms with Crippen molar-refractivity contribution in [2.24, 2.45) is 17.8 Å². The molecule has 5 rings (SSSR count). The molecule has 5 heteroatoms. The zero-order valence-corrected chi connectivity index (χ0v) is 18.0. The summed E-state index contributed by atoms with van der Waals surface area (Å²) in [6.07, 6.45) is 14.7. The molecule has 0 radical (unpaired) electrons. The molecule has 4 aliphatic carbocycles. The lowest BCUT2D eigenvalue weighted by Crippen LogP contribution is -2.46. The Hall–Kier alpha value is -1.36. The van der Waals surface area contributed by atoms with Crippen molar-refractivity contribution in [2.75, 3.05) is 13.2 Å². The van der Waals surface area contributed by atoms with Crippen LogP contribution < -0.4 is 5.32 Å². The van der Waals surface area contributed by atoms with Crippen LogP contribution in [0.2, 0.25) is 0 Å². The van der Waals surface area contributed by atoms with Gasteiger partial charge in [-0.05, 0) is 76.5 Å². The lowest BCUT2D eigenvalue weighted by Gasteiger charge is -2.31. The van der Waals surface area contributed by atoms with Crippen LogP contribution in [0.4, 0.5) is 0 Å². The molecule has 1 heterocycles. The number of nitrogens with one attached hydrogen (secondary N) is 1. The summed E-state index contributed by atoms with van der Waals surface area (Å²) < 4.78 is 8.07. The third-order valence-corrected chi connectivity index (χ3v) is 8.25. The van der Waals surface area contributed by atoms with Crippen LogP contribution in [0, 0.1) is 17.8 Å². The second kappa shape index (κ2) is 8.41. The predicted molar refractivity (Wildman–Crippen MR) is 113 cm³/mol. The van der Waals surface area contributed by atoms with Crippen molar-refractivity contribution in [3.8, 4) is 0 Å². The van der Waals surface area contributed by atoms with Gasteiger partial charge in [0.1, 0.15) is 0 Å². The molecule has 0 spiro atoms. The van der Waals surface area contributed by atoms with Gasteiger partial charge in [-0.15, -0.1) is 0 Å². The largest absolute Gasteiger partial charge is 0.381 e. The van der Waals surface area contributed by atoms with Gasteiger partial charge in [-0.25, -0.2) is 0 Å².